The Morgan fingerprint density at radius 2 is 2.11 bits per heavy atom. The molecule has 0 spiro atoms. The van der Waals surface area contributed by atoms with Gasteiger partial charge in [-0.05, 0) is 6.42 Å². The molecule has 19 heavy (non-hydrogen) atoms. The molecule has 0 aromatic carbocycles. The molecule has 0 saturated heterocycles. The molecule has 7 nitrogen and oxygen atoms in total. The third-order valence-corrected chi connectivity index (χ3v) is 5.53. The van der Waals surface area contributed by atoms with Crippen LogP contribution in [0, 0.1) is 10.1 Å². The molecule has 1 aromatic heterocycles. The van der Waals surface area contributed by atoms with Crippen LogP contribution in [0.5, 0.6) is 0 Å². The lowest BCUT2D eigenvalue weighted by molar-refractivity contribution is -0.383. The highest BCUT2D eigenvalue weighted by Gasteiger charge is 2.25. The van der Waals surface area contributed by atoms with Gasteiger partial charge in [-0.2, -0.15) is 0 Å². The molecule has 1 rings (SSSR count). The van der Waals surface area contributed by atoms with E-state index >= 15 is 0 Å². The fraction of sp³-hybridized carbons (Fsp3) is 0.600. The molecule has 0 amide bonds. The van der Waals surface area contributed by atoms with Crippen LogP contribution in [-0.2, 0) is 10.0 Å². The summed E-state index contributed by atoms with van der Waals surface area (Å²) in [6.07, 6.45) is 2.69. The largest absolute Gasteiger partial charge is 0.374 e. The van der Waals surface area contributed by atoms with Crippen molar-refractivity contribution in [2.45, 2.75) is 30.4 Å². The molecule has 0 radical (unpaired) electrons. The highest BCUT2D eigenvalue weighted by Crippen LogP contribution is 2.36. The maximum atomic E-state index is 11.9. The average molecular weight is 307 g/mol. The topological polar surface area (TPSA) is 101 Å². The Bertz CT molecular complexity index is 539. The van der Waals surface area contributed by atoms with E-state index in [4.69, 9.17) is 0 Å². The van der Waals surface area contributed by atoms with Crippen LogP contribution in [0.3, 0.4) is 0 Å². The van der Waals surface area contributed by atoms with Crippen molar-refractivity contribution >= 4 is 32.0 Å². The van der Waals surface area contributed by atoms with E-state index in [-0.39, 0.29) is 14.9 Å². The Morgan fingerprint density at radius 3 is 2.58 bits per heavy atom. The van der Waals surface area contributed by atoms with Crippen molar-refractivity contribution in [3.05, 3.63) is 16.2 Å². The first-order valence-electron chi connectivity index (χ1n) is 5.88. The van der Waals surface area contributed by atoms with Crippen molar-refractivity contribution in [1.82, 2.24) is 4.72 Å². The predicted molar refractivity (Wildman–Crippen MR) is 75.2 cm³/mol. The molecule has 0 aliphatic rings. The van der Waals surface area contributed by atoms with Gasteiger partial charge < -0.3 is 5.32 Å². The number of sulfonamides is 1. The Morgan fingerprint density at radius 1 is 1.42 bits per heavy atom. The van der Waals surface area contributed by atoms with Gasteiger partial charge in [0.05, 0.1) is 4.92 Å². The minimum Gasteiger partial charge on any atom is -0.374 e. The van der Waals surface area contributed by atoms with Gasteiger partial charge in [-0.25, -0.2) is 13.1 Å². The van der Waals surface area contributed by atoms with E-state index < -0.39 is 14.9 Å². The second-order valence-corrected chi connectivity index (χ2v) is 6.94. The molecule has 9 heteroatoms. The number of nitrogens with zero attached hydrogens (tertiary/aromatic N) is 1. The molecular formula is C10H17N3O4S2. The molecule has 0 saturated carbocycles. The summed E-state index contributed by atoms with van der Waals surface area (Å²) < 4.78 is 26.3. The van der Waals surface area contributed by atoms with Gasteiger partial charge in [0.2, 0.25) is 10.0 Å². The van der Waals surface area contributed by atoms with E-state index in [0.29, 0.717) is 6.54 Å². The fourth-order valence-corrected chi connectivity index (χ4v) is 3.86. The summed E-state index contributed by atoms with van der Waals surface area (Å²) in [5.74, 6) is 0. The number of anilines is 1. The highest BCUT2D eigenvalue weighted by molar-refractivity contribution is 7.91. The maximum absolute atomic E-state index is 11.9. The van der Waals surface area contributed by atoms with Crippen LogP contribution in [0.1, 0.15) is 26.2 Å². The SMILES string of the molecule is CCCCCNS(=O)(=O)c1cc([N+](=O)[O-])c(NC)s1. The fourth-order valence-electron chi connectivity index (χ4n) is 1.46. The zero-order valence-electron chi connectivity index (χ0n) is 10.8. The second-order valence-electron chi connectivity index (χ2n) is 3.89. The summed E-state index contributed by atoms with van der Waals surface area (Å²) in [4.78, 5) is 10.2. The quantitative estimate of drug-likeness (QED) is 0.435. The van der Waals surface area contributed by atoms with Crippen molar-refractivity contribution in [2.24, 2.45) is 0 Å². The molecule has 0 unspecified atom stereocenters. The lowest BCUT2D eigenvalue weighted by Gasteiger charge is -2.03. The van der Waals surface area contributed by atoms with Crippen molar-refractivity contribution in [1.29, 1.82) is 0 Å². The van der Waals surface area contributed by atoms with Crippen LogP contribution >= 0.6 is 11.3 Å². The predicted octanol–water partition coefficient (Wildman–Crippen LogP) is 2.17. The summed E-state index contributed by atoms with van der Waals surface area (Å²) in [5.41, 5.74) is -0.221. The lowest BCUT2D eigenvalue weighted by atomic mass is 10.3. The van der Waals surface area contributed by atoms with Crippen molar-refractivity contribution in [3.8, 4) is 0 Å². The first-order chi connectivity index (χ1) is 8.92. The first-order valence-corrected chi connectivity index (χ1v) is 8.18. The maximum Gasteiger partial charge on any atom is 0.304 e. The van der Waals surface area contributed by atoms with E-state index in [0.717, 1.165) is 36.7 Å². The van der Waals surface area contributed by atoms with E-state index in [1.54, 1.807) is 0 Å². The van der Waals surface area contributed by atoms with Crippen molar-refractivity contribution < 1.29 is 13.3 Å². The highest BCUT2D eigenvalue weighted by atomic mass is 32.2. The van der Waals surface area contributed by atoms with Crippen LogP contribution in [0.15, 0.2) is 10.3 Å². The van der Waals surface area contributed by atoms with Gasteiger partial charge in [-0.1, -0.05) is 31.1 Å². The third-order valence-electron chi connectivity index (χ3n) is 2.45. The Labute approximate surface area is 116 Å². The van der Waals surface area contributed by atoms with Gasteiger partial charge in [0.25, 0.3) is 0 Å². The van der Waals surface area contributed by atoms with E-state index in [9.17, 15) is 18.5 Å². The second kappa shape index (κ2) is 6.83. The van der Waals surface area contributed by atoms with Crippen LogP contribution < -0.4 is 10.0 Å². The normalized spacial score (nSPS) is 11.5. The van der Waals surface area contributed by atoms with E-state index in [1.165, 1.54) is 7.05 Å². The molecule has 0 bridgehead atoms. The minimum atomic E-state index is -3.66. The van der Waals surface area contributed by atoms with Gasteiger partial charge in [-0.15, -0.1) is 0 Å². The van der Waals surface area contributed by atoms with Crippen LogP contribution in [0.2, 0.25) is 0 Å². The molecule has 108 valence electrons. The molecule has 1 aromatic rings. The first kappa shape index (κ1) is 15.9. The van der Waals surface area contributed by atoms with Gasteiger partial charge in [0.1, 0.15) is 4.21 Å². The van der Waals surface area contributed by atoms with Crippen LogP contribution in [-0.4, -0.2) is 26.9 Å². The molecule has 0 aliphatic carbocycles. The number of rotatable bonds is 8. The Balaban J connectivity index is 2.86. The minimum absolute atomic E-state index is 0.0416. The number of nitro groups is 1. The molecule has 0 aliphatic heterocycles. The number of hydrogen-bond acceptors (Lipinski definition) is 6. The van der Waals surface area contributed by atoms with Gasteiger partial charge in [0.15, 0.2) is 5.00 Å². The Kier molecular flexibility index (Phi) is 5.70. The lowest BCUT2D eigenvalue weighted by Crippen LogP contribution is -2.23. The molecule has 0 atom stereocenters. The third kappa shape index (κ3) is 4.15. The van der Waals surface area contributed by atoms with Gasteiger partial charge in [0, 0.05) is 19.7 Å². The summed E-state index contributed by atoms with van der Waals surface area (Å²) in [7, 11) is -2.14. The summed E-state index contributed by atoms with van der Waals surface area (Å²) >= 11 is 0.855. The van der Waals surface area contributed by atoms with E-state index in [2.05, 4.69) is 10.0 Å². The number of unbranched alkanes of at least 4 members (excludes halogenated alkanes) is 2. The summed E-state index contributed by atoms with van der Waals surface area (Å²) in [6.45, 7) is 2.37. The van der Waals surface area contributed by atoms with Crippen molar-refractivity contribution in [3.63, 3.8) is 0 Å². The smallest absolute Gasteiger partial charge is 0.304 e. The van der Waals surface area contributed by atoms with Crippen LogP contribution in [0.4, 0.5) is 10.7 Å². The molecule has 0 fully saturated rings. The monoisotopic (exact) mass is 307 g/mol. The molecule has 1 heterocycles. The summed E-state index contributed by atoms with van der Waals surface area (Å²) in [6, 6.07) is 1.08. The number of nitrogens with one attached hydrogen (secondary N) is 2. The van der Waals surface area contributed by atoms with Crippen LogP contribution in [0.25, 0.3) is 0 Å². The van der Waals surface area contributed by atoms with Crippen molar-refractivity contribution in [2.75, 3.05) is 18.9 Å². The standard InChI is InChI=1S/C10H17N3O4S2/c1-3-4-5-6-12-19(16,17)9-7-8(13(14)15)10(11-2)18-9/h7,11-12H,3-6H2,1-2H3. The average Bonchev–Trinajstić information content (AvgIpc) is 2.79. The summed E-state index contributed by atoms with van der Waals surface area (Å²) in [5, 5.41) is 13.6. The van der Waals surface area contributed by atoms with Gasteiger partial charge in [-0.3, -0.25) is 10.1 Å². The number of thiophene rings is 1. The zero-order chi connectivity index (χ0) is 14.5. The zero-order valence-corrected chi connectivity index (χ0v) is 12.4. The van der Waals surface area contributed by atoms with E-state index in [1.807, 2.05) is 6.92 Å². The molecule has 2 N–H and O–H groups in total. The molecular weight excluding hydrogens is 290 g/mol. The Hall–Kier alpha value is -1.19. The number of hydrogen-bond donors (Lipinski definition) is 2. The van der Waals surface area contributed by atoms with Gasteiger partial charge >= 0.3 is 5.69 Å².